The Morgan fingerprint density at radius 1 is 1.05 bits per heavy atom. The van der Waals surface area contributed by atoms with E-state index in [1.807, 2.05) is 0 Å². The third kappa shape index (κ3) is 2.70. The predicted molar refractivity (Wildman–Crippen MR) is 82.3 cm³/mol. The van der Waals surface area contributed by atoms with Crippen molar-refractivity contribution in [2.75, 3.05) is 14.1 Å². The molecule has 1 unspecified atom stereocenters. The van der Waals surface area contributed by atoms with E-state index in [-0.39, 0.29) is 11.6 Å². The van der Waals surface area contributed by atoms with Gasteiger partial charge in [0.2, 0.25) is 0 Å². The van der Waals surface area contributed by atoms with Crippen LogP contribution in [-0.2, 0) is 0 Å². The lowest BCUT2D eigenvalue weighted by Gasteiger charge is -2.47. The molecule has 0 aromatic heterocycles. The Bertz CT molecular complexity index is 431. The van der Waals surface area contributed by atoms with Crippen molar-refractivity contribution < 1.29 is 0 Å². The summed E-state index contributed by atoms with van der Waals surface area (Å²) in [7, 11) is 4.37. The van der Waals surface area contributed by atoms with Crippen molar-refractivity contribution in [1.29, 1.82) is 0 Å². The van der Waals surface area contributed by atoms with Crippen molar-refractivity contribution in [3.63, 3.8) is 0 Å². The predicted octanol–water partition coefficient (Wildman–Crippen LogP) is 3.57. The van der Waals surface area contributed by atoms with Crippen LogP contribution in [0.2, 0.25) is 0 Å². The van der Waals surface area contributed by atoms with E-state index in [2.05, 4.69) is 51.0 Å². The van der Waals surface area contributed by atoms with Crippen molar-refractivity contribution >= 4 is 0 Å². The normalized spacial score (nSPS) is 20.5. The van der Waals surface area contributed by atoms with Gasteiger partial charge in [-0.25, -0.2) is 0 Å². The smallest absolute Gasteiger partial charge is 0.0482 e. The molecule has 0 amide bonds. The molecule has 2 N–H and O–H groups in total. The topological polar surface area (TPSA) is 29.3 Å². The van der Waals surface area contributed by atoms with Crippen LogP contribution in [0.5, 0.6) is 0 Å². The Kier molecular flexibility index (Phi) is 4.32. The zero-order valence-corrected chi connectivity index (χ0v) is 12.9. The first-order valence-corrected chi connectivity index (χ1v) is 7.47. The van der Waals surface area contributed by atoms with Crippen molar-refractivity contribution in [2.45, 2.75) is 57.5 Å². The first kappa shape index (κ1) is 14.5. The van der Waals surface area contributed by atoms with Gasteiger partial charge in [0.15, 0.2) is 0 Å². The molecule has 19 heavy (non-hydrogen) atoms. The van der Waals surface area contributed by atoms with Gasteiger partial charge in [0.05, 0.1) is 0 Å². The number of aryl methyl sites for hydroxylation is 2. The van der Waals surface area contributed by atoms with Gasteiger partial charge in [-0.1, -0.05) is 37.5 Å². The number of hydrogen-bond acceptors (Lipinski definition) is 2. The first-order valence-electron chi connectivity index (χ1n) is 7.47. The second kappa shape index (κ2) is 5.64. The number of rotatable bonds is 3. The highest BCUT2D eigenvalue weighted by Gasteiger charge is 2.40. The lowest BCUT2D eigenvalue weighted by Crippen LogP contribution is -2.53. The van der Waals surface area contributed by atoms with E-state index < -0.39 is 0 Å². The summed E-state index contributed by atoms with van der Waals surface area (Å²) in [6.45, 7) is 4.34. The second-order valence-electron chi connectivity index (χ2n) is 6.38. The molecule has 1 atom stereocenters. The maximum absolute atomic E-state index is 6.68. The molecule has 1 aromatic rings. The van der Waals surface area contributed by atoms with E-state index in [0.717, 1.165) is 0 Å². The van der Waals surface area contributed by atoms with Crippen molar-refractivity contribution in [3.05, 3.63) is 34.9 Å². The number of hydrogen-bond donors (Lipinski definition) is 1. The summed E-state index contributed by atoms with van der Waals surface area (Å²) in [6, 6.07) is 6.81. The third-order valence-electron chi connectivity index (χ3n) is 5.08. The Morgan fingerprint density at radius 3 is 2.21 bits per heavy atom. The summed E-state index contributed by atoms with van der Waals surface area (Å²) in [5.41, 5.74) is 10.8. The van der Waals surface area contributed by atoms with Crippen molar-refractivity contribution in [1.82, 2.24) is 4.90 Å². The van der Waals surface area contributed by atoms with Gasteiger partial charge in [0, 0.05) is 11.6 Å². The Labute approximate surface area is 118 Å². The fourth-order valence-corrected chi connectivity index (χ4v) is 3.47. The lowest BCUT2D eigenvalue weighted by atomic mass is 9.73. The quantitative estimate of drug-likeness (QED) is 0.900. The molecule has 1 fully saturated rings. The number of benzene rings is 1. The van der Waals surface area contributed by atoms with E-state index in [4.69, 9.17) is 5.73 Å². The highest BCUT2D eigenvalue weighted by atomic mass is 15.2. The molecule has 1 aliphatic rings. The zero-order valence-electron chi connectivity index (χ0n) is 12.9. The lowest BCUT2D eigenvalue weighted by molar-refractivity contribution is 0.0713. The SMILES string of the molecule is Cc1ccc(C(N)C2(N(C)C)CCCCC2)cc1C. The number of likely N-dealkylation sites (N-methyl/N-ethyl adjacent to an activating group) is 1. The monoisotopic (exact) mass is 260 g/mol. The van der Waals surface area contributed by atoms with Gasteiger partial charge in [-0.05, 0) is 57.5 Å². The van der Waals surface area contributed by atoms with Gasteiger partial charge >= 0.3 is 0 Å². The first-order chi connectivity index (χ1) is 8.97. The van der Waals surface area contributed by atoms with Crippen LogP contribution in [-0.4, -0.2) is 24.5 Å². The molecule has 0 saturated heterocycles. The summed E-state index contributed by atoms with van der Waals surface area (Å²) in [4.78, 5) is 2.37. The summed E-state index contributed by atoms with van der Waals surface area (Å²) in [5, 5.41) is 0. The molecule has 0 aliphatic heterocycles. The highest BCUT2D eigenvalue weighted by molar-refractivity contribution is 5.33. The molecule has 1 aliphatic carbocycles. The van der Waals surface area contributed by atoms with Crippen LogP contribution < -0.4 is 5.73 Å². The average Bonchev–Trinajstić information content (AvgIpc) is 2.41. The van der Waals surface area contributed by atoms with Gasteiger partial charge in [-0.3, -0.25) is 0 Å². The average molecular weight is 260 g/mol. The van der Waals surface area contributed by atoms with Gasteiger partial charge in [0.25, 0.3) is 0 Å². The van der Waals surface area contributed by atoms with Gasteiger partial charge in [0.1, 0.15) is 0 Å². The Morgan fingerprint density at radius 2 is 1.68 bits per heavy atom. The maximum Gasteiger partial charge on any atom is 0.0482 e. The fraction of sp³-hybridized carbons (Fsp3) is 0.647. The van der Waals surface area contributed by atoms with Gasteiger partial charge in [-0.15, -0.1) is 0 Å². The summed E-state index contributed by atoms with van der Waals surface area (Å²) >= 11 is 0. The van der Waals surface area contributed by atoms with E-state index in [1.165, 1.54) is 48.8 Å². The maximum atomic E-state index is 6.68. The summed E-state index contributed by atoms with van der Waals surface area (Å²) in [5.74, 6) is 0. The Hall–Kier alpha value is -0.860. The minimum atomic E-state index is 0.113. The Balaban J connectivity index is 2.33. The van der Waals surface area contributed by atoms with Crippen LogP contribution in [0, 0.1) is 13.8 Å². The van der Waals surface area contributed by atoms with E-state index in [9.17, 15) is 0 Å². The standard InChI is InChI=1S/C17H28N2/c1-13-8-9-15(12-14(13)2)16(18)17(19(3)4)10-6-5-7-11-17/h8-9,12,16H,5-7,10-11,18H2,1-4H3. The minimum absolute atomic E-state index is 0.113. The molecule has 1 saturated carbocycles. The molecular weight excluding hydrogens is 232 g/mol. The van der Waals surface area contributed by atoms with Crippen LogP contribution in [0.1, 0.15) is 54.8 Å². The second-order valence-corrected chi connectivity index (χ2v) is 6.38. The van der Waals surface area contributed by atoms with E-state index in [1.54, 1.807) is 0 Å². The van der Waals surface area contributed by atoms with Crippen LogP contribution in [0.15, 0.2) is 18.2 Å². The number of nitrogens with two attached hydrogens (primary N) is 1. The molecule has 0 heterocycles. The molecule has 0 bridgehead atoms. The fourth-order valence-electron chi connectivity index (χ4n) is 3.47. The van der Waals surface area contributed by atoms with Crippen LogP contribution in [0.3, 0.4) is 0 Å². The molecular formula is C17H28N2. The largest absolute Gasteiger partial charge is 0.322 e. The van der Waals surface area contributed by atoms with Crippen LogP contribution in [0.4, 0.5) is 0 Å². The minimum Gasteiger partial charge on any atom is -0.322 e. The summed E-state index contributed by atoms with van der Waals surface area (Å²) in [6.07, 6.45) is 6.39. The van der Waals surface area contributed by atoms with E-state index in [0.29, 0.717) is 0 Å². The van der Waals surface area contributed by atoms with Crippen LogP contribution >= 0.6 is 0 Å². The van der Waals surface area contributed by atoms with Crippen LogP contribution in [0.25, 0.3) is 0 Å². The van der Waals surface area contributed by atoms with Crippen molar-refractivity contribution in [3.8, 4) is 0 Å². The molecule has 106 valence electrons. The van der Waals surface area contributed by atoms with Gasteiger partial charge < -0.3 is 10.6 Å². The summed E-state index contributed by atoms with van der Waals surface area (Å²) < 4.78 is 0. The van der Waals surface area contributed by atoms with E-state index >= 15 is 0 Å². The molecule has 2 nitrogen and oxygen atoms in total. The van der Waals surface area contributed by atoms with Crippen molar-refractivity contribution in [2.24, 2.45) is 5.73 Å². The third-order valence-corrected chi connectivity index (χ3v) is 5.08. The zero-order chi connectivity index (χ0) is 14.0. The molecule has 0 spiro atoms. The van der Waals surface area contributed by atoms with Gasteiger partial charge in [-0.2, -0.15) is 0 Å². The highest BCUT2D eigenvalue weighted by Crippen LogP contribution is 2.40. The molecule has 2 rings (SSSR count). The number of nitrogens with zero attached hydrogens (tertiary/aromatic N) is 1. The molecule has 0 radical (unpaired) electrons. The molecule has 1 aromatic carbocycles. The molecule has 2 heteroatoms.